The predicted octanol–water partition coefficient (Wildman–Crippen LogP) is 7.89. The summed E-state index contributed by atoms with van der Waals surface area (Å²) in [4.78, 5) is 137. The van der Waals surface area contributed by atoms with Crippen LogP contribution >= 0.6 is 34.9 Å². The number of carbonyl (C=O) groups is 9. The molecule has 4 rings (SSSR count). The molecule has 3 aromatic carbocycles. The van der Waals surface area contributed by atoms with Crippen molar-refractivity contribution >= 4 is 105 Å². The Bertz CT molecular complexity index is 2920. The standard InChI is InChI=1S/C62H89N13O11S3/c1-10-40(6)55(72-52(77)21-15-12-16-31-64-8)61(83)75(9)50(38(2)3)34-51(86-41(7)76)60-71-49(37-89-60)58(81)70-48(36-88-46-18-13-11-14-19-46)57(80)68-45-28-26-43(27-29-45)66-53(78)30-33-87-35-42-22-24-44(25-23-42)67-56(79)47(20-17-32-65-62(63)84)69-59(82)54(39(4)5)73-74-85/h11,13-14,18-19,22-29,37-40,47-48,50-51,54-55,64H,10,12,15-17,20-21,30-36H2,1-9H3,(H,66,78)(H,67,79)(H,68,80)(H,69,82)(H,70,81)(H,72,77)(H,73,85)(H3,63,65,84)/t40-,47-,48-,50+,51+,54-,55-/m0/s1. The number of esters is 1. The lowest BCUT2D eigenvalue weighted by Crippen LogP contribution is -2.54. The summed E-state index contributed by atoms with van der Waals surface area (Å²) in [6, 6.07) is 18.1. The van der Waals surface area contributed by atoms with Gasteiger partial charge in [0, 0.05) is 90.4 Å². The average molecular weight is 1290 g/mol. The highest BCUT2D eigenvalue weighted by molar-refractivity contribution is 7.99. The number of likely N-dealkylation sites (N-methyl/N-ethyl adjacent to an activating group) is 1. The molecule has 11 N–H and O–H groups in total. The van der Waals surface area contributed by atoms with E-state index in [1.54, 1.807) is 62.2 Å². The van der Waals surface area contributed by atoms with Crippen molar-refractivity contribution in [2.45, 2.75) is 153 Å². The normalized spacial score (nSPS) is 13.5. The summed E-state index contributed by atoms with van der Waals surface area (Å²) in [5.41, 5.74) is 9.73. The van der Waals surface area contributed by atoms with Gasteiger partial charge in [0.05, 0.1) is 5.29 Å². The Balaban J connectivity index is 1.35. The fourth-order valence-corrected chi connectivity index (χ4v) is 11.9. The van der Waals surface area contributed by atoms with Crippen molar-refractivity contribution in [2.75, 3.05) is 54.6 Å². The van der Waals surface area contributed by atoms with Crippen molar-refractivity contribution in [3.8, 4) is 0 Å². The Morgan fingerprint density at radius 2 is 1.36 bits per heavy atom. The Kier molecular flexibility index (Phi) is 32.7. The zero-order chi connectivity index (χ0) is 65.4. The number of hydrogen-bond acceptors (Lipinski definition) is 17. The van der Waals surface area contributed by atoms with Crippen LogP contribution in [0.2, 0.25) is 0 Å². The van der Waals surface area contributed by atoms with Crippen LogP contribution < -0.4 is 53.7 Å². The van der Waals surface area contributed by atoms with E-state index >= 15 is 0 Å². The molecule has 0 fully saturated rings. The van der Waals surface area contributed by atoms with E-state index in [1.165, 1.54) is 35.8 Å². The highest BCUT2D eigenvalue weighted by Crippen LogP contribution is 2.32. The molecule has 0 bridgehead atoms. The van der Waals surface area contributed by atoms with Gasteiger partial charge in [-0.1, -0.05) is 84.7 Å². The first-order valence-corrected chi connectivity index (χ1v) is 33.0. The van der Waals surface area contributed by atoms with Crippen molar-refractivity contribution < 1.29 is 47.9 Å². The maximum atomic E-state index is 14.3. The highest BCUT2D eigenvalue weighted by Gasteiger charge is 2.36. The van der Waals surface area contributed by atoms with Crippen molar-refractivity contribution in [3.63, 3.8) is 0 Å². The van der Waals surface area contributed by atoms with E-state index in [9.17, 15) is 48.1 Å². The fourth-order valence-electron chi connectivity index (χ4n) is 9.20. The lowest BCUT2D eigenvalue weighted by molar-refractivity contribution is -0.149. The number of benzene rings is 3. The second-order valence-electron chi connectivity index (χ2n) is 22.2. The smallest absolute Gasteiger partial charge is 0.312 e. The molecule has 0 saturated carbocycles. The molecule has 24 nitrogen and oxygen atoms in total. The Morgan fingerprint density at radius 1 is 0.719 bits per heavy atom. The van der Waals surface area contributed by atoms with Crippen molar-refractivity contribution in [1.82, 2.24) is 41.9 Å². The molecule has 0 unspecified atom stereocenters. The molecule has 1 aromatic heterocycles. The largest absolute Gasteiger partial charge is 0.455 e. The number of hydrogen-bond donors (Lipinski definition) is 10. The fraction of sp³-hybridized carbons (Fsp3) is 0.516. The molecule has 0 aliphatic heterocycles. The van der Waals surface area contributed by atoms with Crippen LogP contribution in [-0.4, -0.2) is 132 Å². The monoisotopic (exact) mass is 1290 g/mol. The number of nitrogens with two attached hydrogens (primary N) is 1. The van der Waals surface area contributed by atoms with E-state index in [1.807, 2.05) is 77.2 Å². The van der Waals surface area contributed by atoms with Crippen LogP contribution in [0.15, 0.2) is 94.4 Å². The molecular weight excluding hydrogens is 1200 g/mol. The molecule has 9 amide bonds. The molecule has 1 heterocycles. The number of carbonyl (C=O) groups excluding carboxylic acids is 9. The van der Waals surface area contributed by atoms with Gasteiger partial charge in [0.25, 0.3) is 5.91 Å². The number of nitroso groups, excluding NO2 is 1. The summed E-state index contributed by atoms with van der Waals surface area (Å²) < 4.78 is 5.83. The number of unbranched alkanes of at least 4 members (excludes halogenated alkanes) is 2. The first-order valence-electron chi connectivity index (χ1n) is 30.0. The number of aromatic nitrogens is 1. The van der Waals surface area contributed by atoms with Crippen molar-refractivity contribution in [2.24, 2.45) is 28.8 Å². The molecule has 0 aliphatic carbocycles. The van der Waals surface area contributed by atoms with Crippen LogP contribution in [0.3, 0.4) is 0 Å². The number of amides is 9. The molecule has 0 aliphatic rings. The van der Waals surface area contributed by atoms with Crippen LogP contribution in [0.4, 0.5) is 21.9 Å². The van der Waals surface area contributed by atoms with Crippen molar-refractivity contribution in [1.29, 1.82) is 0 Å². The summed E-state index contributed by atoms with van der Waals surface area (Å²) in [5, 5.41) is 27.2. The number of anilines is 3. The van der Waals surface area contributed by atoms with E-state index in [0.29, 0.717) is 59.3 Å². The zero-order valence-electron chi connectivity index (χ0n) is 52.3. The molecule has 4 aromatic rings. The van der Waals surface area contributed by atoms with E-state index in [2.05, 4.69) is 58.2 Å². The third kappa shape index (κ3) is 26.5. The van der Waals surface area contributed by atoms with Gasteiger partial charge in [-0.15, -0.1) is 28.0 Å². The topological polar surface area (TPSA) is 343 Å². The Labute approximate surface area is 534 Å². The number of nitrogens with one attached hydrogen (secondary N) is 9. The van der Waals surface area contributed by atoms with E-state index < -0.39 is 71.9 Å². The number of rotatable bonds is 40. The van der Waals surface area contributed by atoms with Gasteiger partial charge >= 0.3 is 12.0 Å². The quantitative estimate of drug-likeness (QED) is 0.00665. The van der Waals surface area contributed by atoms with Gasteiger partial charge in [0.15, 0.2) is 6.10 Å². The lowest BCUT2D eigenvalue weighted by Gasteiger charge is -2.37. The molecular formula is C62H89N13O11S3. The van der Waals surface area contributed by atoms with Crippen molar-refractivity contribution in [3.05, 3.63) is 105 Å². The number of thiazole rings is 1. The van der Waals surface area contributed by atoms with Crippen LogP contribution in [-0.2, 0) is 44.1 Å². The predicted molar refractivity (Wildman–Crippen MR) is 351 cm³/mol. The van der Waals surface area contributed by atoms with E-state index in [0.717, 1.165) is 41.2 Å². The summed E-state index contributed by atoms with van der Waals surface area (Å²) >= 11 is 4.03. The third-order valence-corrected chi connectivity index (χ3v) is 17.5. The number of nitrogens with zero attached hydrogens (tertiary/aromatic N) is 3. The maximum absolute atomic E-state index is 14.3. The minimum absolute atomic E-state index is 0.00259. The third-order valence-electron chi connectivity index (χ3n) is 14.5. The van der Waals surface area contributed by atoms with Gasteiger partial charge in [0.1, 0.15) is 34.9 Å². The number of ether oxygens (including phenoxy) is 1. The first-order chi connectivity index (χ1) is 42.5. The molecule has 27 heteroatoms. The molecule has 0 spiro atoms. The molecule has 89 heavy (non-hydrogen) atoms. The lowest BCUT2D eigenvalue weighted by atomic mass is 9.93. The van der Waals surface area contributed by atoms with Gasteiger partial charge in [-0.2, -0.15) is 11.8 Å². The van der Waals surface area contributed by atoms with E-state index in [4.69, 9.17) is 10.5 Å². The number of thioether (sulfide) groups is 2. The summed E-state index contributed by atoms with van der Waals surface area (Å²) in [7, 11) is 3.58. The van der Waals surface area contributed by atoms with Crippen LogP contribution in [0.1, 0.15) is 133 Å². The summed E-state index contributed by atoms with van der Waals surface area (Å²) in [5.74, 6) is -2.81. The van der Waals surface area contributed by atoms with Gasteiger partial charge in [-0.05, 0) is 111 Å². The minimum atomic E-state index is -1.05. The van der Waals surface area contributed by atoms with Gasteiger partial charge < -0.3 is 57.9 Å². The average Bonchev–Trinajstić information content (AvgIpc) is 3.16. The molecule has 7 atom stereocenters. The Morgan fingerprint density at radius 3 is 1.96 bits per heavy atom. The molecule has 0 saturated heterocycles. The van der Waals surface area contributed by atoms with E-state index in [-0.39, 0.29) is 72.7 Å². The Hall–Kier alpha value is -7.62. The number of urea groups is 1. The molecule has 0 radical (unpaired) electrons. The summed E-state index contributed by atoms with van der Waals surface area (Å²) in [6.45, 7) is 13.6. The number of primary amides is 1. The van der Waals surface area contributed by atoms with Crippen LogP contribution in [0.5, 0.6) is 0 Å². The minimum Gasteiger partial charge on any atom is -0.455 e. The first kappa shape index (κ1) is 73.8. The molecule has 486 valence electrons. The zero-order valence-corrected chi connectivity index (χ0v) is 54.8. The maximum Gasteiger partial charge on any atom is 0.312 e. The second kappa shape index (κ2) is 39.4. The summed E-state index contributed by atoms with van der Waals surface area (Å²) in [6.07, 6.45) is 3.43. The SMILES string of the molecule is CC[C@H](C)[C@H](NC(=O)CCCCCNC)C(=O)N(C)[C@H](C[C@@H](OC(C)=O)c1nc(C(=O)N[C@@H](CSc2ccccc2)C(=O)Nc2ccc(NC(=O)CCSCc3ccc(NC(=O)[C@H](CCCNC(N)=O)NC(=O)[C@@H](NN=O)C(C)C)cc3)cc2)cs1)C(C)C. The van der Waals surface area contributed by atoms with Gasteiger partial charge in [0.2, 0.25) is 35.4 Å². The van der Waals surface area contributed by atoms with Crippen LogP contribution in [0, 0.1) is 22.7 Å². The second-order valence-corrected chi connectivity index (χ2v) is 25.3. The van der Waals surface area contributed by atoms with Gasteiger partial charge in [-0.25, -0.2) is 9.78 Å². The van der Waals surface area contributed by atoms with Crippen LogP contribution in [0.25, 0.3) is 0 Å². The highest BCUT2D eigenvalue weighted by atomic mass is 32.2. The van der Waals surface area contributed by atoms with Gasteiger partial charge in [-0.3, -0.25) is 43.8 Å².